The second-order valence-corrected chi connectivity index (χ2v) is 17.7. The Morgan fingerprint density at radius 1 is 0.456 bits per heavy atom. The van der Waals surface area contributed by atoms with Gasteiger partial charge < -0.3 is 33.7 Å². The predicted molar refractivity (Wildman–Crippen MR) is 262 cm³/mol. The van der Waals surface area contributed by atoms with Crippen molar-refractivity contribution in [3.63, 3.8) is 0 Å². The van der Waals surface area contributed by atoms with E-state index in [1.807, 2.05) is 95.9 Å². The number of anilines is 2. The lowest BCUT2D eigenvalue weighted by atomic mass is 9.77. The van der Waals surface area contributed by atoms with Crippen molar-refractivity contribution in [2.75, 3.05) is 49.4 Å². The molecule has 1 amide bonds. The average Bonchev–Trinajstić information content (AvgIpc) is 4.02. The van der Waals surface area contributed by atoms with Gasteiger partial charge in [-0.2, -0.15) is 0 Å². The third-order valence-corrected chi connectivity index (χ3v) is 13.8. The average molecular weight is 897 g/mol. The molecule has 0 fully saturated rings. The summed E-state index contributed by atoms with van der Waals surface area (Å²) < 4.78 is 29.5. The van der Waals surface area contributed by atoms with Crippen LogP contribution in [-0.2, 0) is 10.2 Å². The number of nitrogens with zero attached hydrogens (tertiary/aromatic N) is 2. The molecule has 8 aromatic rings. The first-order valence-corrected chi connectivity index (χ1v) is 23.2. The number of hydrogen-bond donors (Lipinski definition) is 1. The maximum absolute atomic E-state index is 14.2. The highest BCUT2D eigenvalue weighted by molar-refractivity contribution is 6.08. The fourth-order valence-electron chi connectivity index (χ4n) is 10.8. The Hall–Kier alpha value is -8.17. The number of amides is 1. The van der Waals surface area contributed by atoms with E-state index in [2.05, 4.69) is 95.9 Å². The summed E-state index contributed by atoms with van der Waals surface area (Å²) in [6, 6.07) is 65.5. The molecule has 13 rings (SSSR count). The van der Waals surface area contributed by atoms with E-state index in [0.717, 1.165) is 46.2 Å². The molecule has 8 aromatic carbocycles. The molecule has 68 heavy (non-hydrogen) atoms. The topological polar surface area (TPSA) is 89.9 Å². The number of aromatic hydroxyl groups is 1. The molecule has 5 heterocycles. The number of benzene rings is 8. The summed E-state index contributed by atoms with van der Waals surface area (Å²) in [6.45, 7) is 3.45. The normalized spacial score (nSPS) is 18.1. The number of fused-ring (bicyclic) bond motifs is 7. The summed E-state index contributed by atoms with van der Waals surface area (Å²) in [5, 5.41) is 10.9. The van der Waals surface area contributed by atoms with Gasteiger partial charge in [-0.1, -0.05) is 158 Å². The Morgan fingerprint density at radius 2 is 0.926 bits per heavy atom. The van der Waals surface area contributed by atoms with E-state index in [4.69, 9.17) is 23.7 Å². The SMILES string of the molecule is O=C1C(c2cc3c(cc2O)OCCO3)c2ccccc2N1C(c1ccccc1)c1ccccc1.c1ccc(C(c2ccccc2)N2CC3(COc4cc5c(cc43)OCCO5)c3ccccc32)cc1. The maximum atomic E-state index is 14.2. The van der Waals surface area contributed by atoms with Crippen molar-refractivity contribution in [2.24, 2.45) is 0 Å². The van der Waals surface area contributed by atoms with Crippen LogP contribution in [0.3, 0.4) is 0 Å². The van der Waals surface area contributed by atoms with Crippen LogP contribution in [0.2, 0.25) is 0 Å². The number of phenolic OH excluding ortho intramolecular Hbond substituents is 1. The number of phenols is 1. The lowest BCUT2D eigenvalue weighted by Crippen LogP contribution is -2.38. The molecular weight excluding hydrogens is 849 g/mol. The standard InChI is InChI=1S/C30H25NO3.C29H23NO4/c1-3-9-21(10-4-1)29(22-11-5-2-6-12-22)31-19-30(23-13-7-8-14-25(23)31)20-34-26-18-28-27(17-24(26)30)32-15-16-33-28;31-24-18-26-25(33-15-16-34-26)17-22(24)27-21-13-7-8-14-23(21)30(29(27)32)28(19-9-3-1-4-10-19)20-11-5-2-6-12-20/h1-14,17-18,29H,15-16,19-20H2;1-14,17-18,27-28,31H,15-16H2. The van der Waals surface area contributed by atoms with Gasteiger partial charge in [0.25, 0.3) is 0 Å². The molecule has 0 aliphatic carbocycles. The monoisotopic (exact) mass is 896 g/mol. The number of carbonyl (C=O) groups excluding carboxylic acids is 1. The van der Waals surface area contributed by atoms with E-state index in [1.54, 1.807) is 12.1 Å². The van der Waals surface area contributed by atoms with Gasteiger partial charge in [0.05, 0.1) is 23.4 Å². The Kier molecular flexibility index (Phi) is 10.5. The molecule has 1 N–H and O–H groups in total. The molecule has 0 aromatic heterocycles. The zero-order chi connectivity index (χ0) is 45.6. The quantitative estimate of drug-likeness (QED) is 0.169. The van der Waals surface area contributed by atoms with Crippen molar-refractivity contribution in [1.82, 2.24) is 0 Å². The van der Waals surface area contributed by atoms with Gasteiger partial charge in [-0.3, -0.25) is 9.69 Å². The summed E-state index contributed by atoms with van der Waals surface area (Å²) in [5.41, 5.74) is 10.3. The molecule has 336 valence electrons. The van der Waals surface area contributed by atoms with Crippen LogP contribution in [0.25, 0.3) is 0 Å². The summed E-state index contributed by atoms with van der Waals surface area (Å²) in [7, 11) is 0. The van der Waals surface area contributed by atoms with Gasteiger partial charge in [0.2, 0.25) is 5.91 Å². The van der Waals surface area contributed by atoms with Crippen LogP contribution in [0.4, 0.5) is 11.4 Å². The van der Waals surface area contributed by atoms with E-state index in [-0.39, 0.29) is 29.2 Å². The van der Waals surface area contributed by atoms with Gasteiger partial charge in [-0.15, -0.1) is 0 Å². The van der Waals surface area contributed by atoms with Crippen molar-refractivity contribution < 1.29 is 33.6 Å². The summed E-state index contributed by atoms with van der Waals surface area (Å²) in [6.07, 6.45) is 0. The number of hydrogen-bond acceptors (Lipinski definition) is 8. The van der Waals surface area contributed by atoms with Crippen molar-refractivity contribution in [3.05, 3.63) is 239 Å². The summed E-state index contributed by atoms with van der Waals surface area (Å²) in [5.74, 6) is 2.81. The third-order valence-electron chi connectivity index (χ3n) is 13.8. The molecule has 9 heteroatoms. The first-order chi connectivity index (χ1) is 33.6. The smallest absolute Gasteiger partial charge is 0.240 e. The fourth-order valence-corrected chi connectivity index (χ4v) is 10.8. The molecule has 0 saturated heterocycles. The third kappa shape index (κ3) is 7.04. The molecular formula is C59H48N2O7. The Labute approximate surface area is 395 Å². The first-order valence-electron chi connectivity index (χ1n) is 23.2. The highest BCUT2D eigenvalue weighted by Gasteiger charge is 2.52. The molecule has 1 spiro atoms. The van der Waals surface area contributed by atoms with Gasteiger partial charge >= 0.3 is 0 Å². The second-order valence-electron chi connectivity index (χ2n) is 17.7. The van der Waals surface area contributed by atoms with Crippen molar-refractivity contribution in [2.45, 2.75) is 23.4 Å². The second kappa shape index (κ2) is 17.2. The molecule has 2 atom stereocenters. The minimum atomic E-state index is -0.651. The number of ether oxygens (including phenoxy) is 5. The van der Waals surface area contributed by atoms with E-state index in [0.29, 0.717) is 50.1 Å². The van der Waals surface area contributed by atoms with Crippen LogP contribution in [0.15, 0.2) is 194 Å². The number of para-hydroxylation sites is 2. The molecule has 5 aliphatic heterocycles. The van der Waals surface area contributed by atoms with E-state index in [1.165, 1.54) is 27.9 Å². The van der Waals surface area contributed by atoms with Crippen LogP contribution in [0, 0.1) is 0 Å². The Balaban J connectivity index is 0.000000141. The van der Waals surface area contributed by atoms with Gasteiger partial charge in [0.1, 0.15) is 44.5 Å². The van der Waals surface area contributed by atoms with Crippen LogP contribution in [-0.4, -0.2) is 50.6 Å². The molecule has 9 nitrogen and oxygen atoms in total. The lowest BCUT2D eigenvalue weighted by molar-refractivity contribution is -0.118. The maximum Gasteiger partial charge on any atom is 0.240 e. The number of rotatable bonds is 7. The van der Waals surface area contributed by atoms with Gasteiger partial charge in [-0.05, 0) is 57.6 Å². The highest BCUT2D eigenvalue weighted by atomic mass is 16.6. The largest absolute Gasteiger partial charge is 0.507 e. The molecule has 5 aliphatic rings. The molecule has 0 bridgehead atoms. The van der Waals surface area contributed by atoms with Gasteiger partial charge in [-0.25, -0.2) is 0 Å². The Bertz CT molecular complexity index is 3050. The molecule has 0 radical (unpaired) electrons. The first kappa shape index (κ1) is 41.3. The van der Waals surface area contributed by atoms with Crippen LogP contribution in [0.1, 0.15) is 62.5 Å². The van der Waals surface area contributed by atoms with Gasteiger partial charge in [0, 0.05) is 41.2 Å². The Morgan fingerprint density at radius 3 is 1.51 bits per heavy atom. The van der Waals surface area contributed by atoms with Crippen molar-refractivity contribution in [3.8, 4) is 34.5 Å². The van der Waals surface area contributed by atoms with E-state index >= 15 is 0 Å². The molecule has 2 unspecified atom stereocenters. The summed E-state index contributed by atoms with van der Waals surface area (Å²) >= 11 is 0. The van der Waals surface area contributed by atoms with Gasteiger partial charge in [0.15, 0.2) is 23.0 Å². The van der Waals surface area contributed by atoms with Crippen LogP contribution < -0.4 is 33.5 Å². The van der Waals surface area contributed by atoms with E-state index in [9.17, 15) is 9.90 Å². The van der Waals surface area contributed by atoms with E-state index < -0.39 is 5.92 Å². The lowest BCUT2D eigenvalue weighted by Gasteiger charge is -2.33. The minimum Gasteiger partial charge on any atom is -0.507 e. The number of carbonyl (C=O) groups is 1. The van der Waals surface area contributed by atoms with Crippen molar-refractivity contribution in [1.29, 1.82) is 0 Å². The van der Waals surface area contributed by atoms with Crippen LogP contribution in [0.5, 0.6) is 34.5 Å². The zero-order valence-corrected chi connectivity index (χ0v) is 37.2. The molecule has 0 saturated carbocycles. The highest BCUT2D eigenvalue weighted by Crippen LogP contribution is 2.56. The zero-order valence-electron chi connectivity index (χ0n) is 37.2. The summed E-state index contributed by atoms with van der Waals surface area (Å²) in [4.78, 5) is 18.6. The van der Waals surface area contributed by atoms with Crippen molar-refractivity contribution >= 4 is 17.3 Å². The fraction of sp³-hybridized carbons (Fsp3) is 0.169. The minimum absolute atomic E-state index is 0.0234. The van der Waals surface area contributed by atoms with Crippen LogP contribution >= 0.6 is 0 Å². The predicted octanol–water partition coefficient (Wildman–Crippen LogP) is 11.2.